The molecule has 0 amide bonds. The van der Waals surface area contributed by atoms with Crippen LogP contribution in [0.2, 0.25) is 0 Å². The van der Waals surface area contributed by atoms with Crippen LogP contribution in [0.3, 0.4) is 0 Å². The number of ether oxygens (including phenoxy) is 1. The molecular weight excluding hydrogens is 302 g/mol. The van der Waals surface area contributed by atoms with E-state index in [0.29, 0.717) is 6.54 Å². The van der Waals surface area contributed by atoms with Crippen molar-refractivity contribution in [1.82, 2.24) is 0 Å². The highest BCUT2D eigenvalue weighted by molar-refractivity contribution is 7.89. The summed E-state index contributed by atoms with van der Waals surface area (Å²) in [5.74, 6) is 1.58. The Labute approximate surface area is 130 Å². The number of hydrogen-bond acceptors (Lipinski definition) is 4. The Balaban J connectivity index is 1.98. The summed E-state index contributed by atoms with van der Waals surface area (Å²) in [6.07, 6.45) is 2.15. The number of H-pyrrole nitrogens is 1. The van der Waals surface area contributed by atoms with Gasteiger partial charge in [0.2, 0.25) is 10.0 Å². The fourth-order valence-corrected chi connectivity index (χ4v) is 2.61. The van der Waals surface area contributed by atoms with Gasteiger partial charge < -0.3 is 4.74 Å². The molecule has 118 valence electrons. The maximum atomic E-state index is 11.2. The van der Waals surface area contributed by atoms with Crippen molar-refractivity contribution in [2.24, 2.45) is 5.14 Å². The lowest BCUT2D eigenvalue weighted by molar-refractivity contribution is -0.364. The second-order valence-electron chi connectivity index (χ2n) is 4.98. The third kappa shape index (κ3) is 4.19. The van der Waals surface area contributed by atoms with Crippen LogP contribution >= 0.6 is 0 Å². The Hall–Kier alpha value is -2.12. The van der Waals surface area contributed by atoms with Crippen molar-refractivity contribution < 1.29 is 18.1 Å². The van der Waals surface area contributed by atoms with E-state index >= 15 is 0 Å². The van der Waals surface area contributed by atoms with Gasteiger partial charge in [0.25, 0.3) is 5.82 Å². The third-order valence-electron chi connectivity index (χ3n) is 3.26. The van der Waals surface area contributed by atoms with Crippen LogP contribution in [0.1, 0.15) is 11.1 Å². The largest absolute Gasteiger partial charge is 0.496 e. The number of sulfonamides is 1. The van der Waals surface area contributed by atoms with Crippen molar-refractivity contribution in [3.8, 4) is 5.75 Å². The molecule has 0 aliphatic rings. The maximum absolute atomic E-state index is 11.2. The molecule has 0 radical (unpaired) electrons. The van der Waals surface area contributed by atoms with Crippen LogP contribution in [0.5, 0.6) is 5.75 Å². The molecule has 1 aromatic carbocycles. The molecule has 4 N–H and O–H groups in total. The van der Waals surface area contributed by atoms with Crippen molar-refractivity contribution in [2.75, 3.05) is 19.0 Å². The molecule has 0 aliphatic carbocycles. The lowest BCUT2D eigenvalue weighted by atomic mass is 10.1. The number of nitrogens with two attached hydrogens (primary N) is 1. The molecule has 6 nitrogen and oxygen atoms in total. The summed E-state index contributed by atoms with van der Waals surface area (Å²) in [6.45, 7) is 2.72. The number of rotatable bonds is 6. The second kappa shape index (κ2) is 6.76. The molecule has 1 heterocycles. The number of methoxy groups -OCH3 is 1. The number of primary sulfonamides is 1. The number of pyridine rings is 1. The van der Waals surface area contributed by atoms with Crippen LogP contribution in [0.4, 0.5) is 5.82 Å². The van der Waals surface area contributed by atoms with Gasteiger partial charge >= 0.3 is 0 Å². The van der Waals surface area contributed by atoms with Gasteiger partial charge in [-0.25, -0.2) is 18.5 Å². The summed E-state index contributed by atoms with van der Waals surface area (Å²) >= 11 is 0. The highest BCUT2D eigenvalue weighted by Gasteiger charge is 2.11. The molecule has 0 spiro atoms. The first-order chi connectivity index (χ1) is 10.4. The molecule has 0 unspecified atom stereocenters. The standard InChI is InChI=1S/C15H19N3O3S/c1-11-3-5-14(21-2)12(9-11)7-8-17-15-6-4-13(10-18-15)22(16,19)20/h3-6,9-10H,7-8H2,1-2H3,(H,17,18)(H2,16,19,20)/p+1. The van der Waals surface area contributed by atoms with Gasteiger partial charge in [-0.3, -0.25) is 5.32 Å². The zero-order chi connectivity index (χ0) is 16.2. The van der Waals surface area contributed by atoms with Crippen molar-refractivity contribution in [3.05, 3.63) is 47.7 Å². The number of aromatic amines is 1. The number of anilines is 1. The molecule has 22 heavy (non-hydrogen) atoms. The van der Waals surface area contributed by atoms with Crippen LogP contribution in [-0.2, 0) is 16.4 Å². The predicted octanol–water partition coefficient (Wildman–Crippen LogP) is 1.12. The zero-order valence-corrected chi connectivity index (χ0v) is 13.4. The molecule has 0 saturated carbocycles. The molecule has 2 aromatic rings. The van der Waals surface area contributed by atoms with Crippen molar-refractivity contribution in [2.45, 2.75) is 18.2 Å². The average Bonchev–Trinajstić information content (AvgIpc) is 2.47. The van der Waals surface area contributed by atoms with Gasteiger partial charge in [0, 0.05) is 12.5 Å². The monoisotopic (exact) mass is 322 g/mol. The molecule has 0 bridgehead atoms. The van der Waals surface area contributed by atoms with Gasteiger partial charge in [0.1, 0.15) is 16.8 Å². The van der Waals surface area contributed by atoms with E-state index in [9.17, 15) is 8.42 Å². The van der Waals surface area contributed by atoms with E-state index in [2.05, 4.69) is 16.4 Å². The van der Waals surface area contributed by atoms with Crippen LogP contribution in [-0.4, -0.2) is 22.1 Å². The molecule has 0 atom stereocenters. The van der Waals surface area contributed by atoms with Gasteiger partial charge in [0.15, 0.2) is 0 Å². The third-order valence-corrected chi connectivity index (χ3v) is 4.17. The molecule has 0 aliphatic heterocycles. The van der Waals surface area contributed by atoms with Crippen molar-refractivity contribution in [3.63, 3.8) is 0 Å². The predicted molar refractivity (Wildman–Crippen MR) is 84.3 cm³/mol. The summed E-state index contributed by atoms with van der Waals surface area (Å²) < 4.78 is 27.7. The Kier molecular flexibility index (Phi) is 4.99. The summed E-state index contributed by atoms with van der Waals surface area (Å²) in [5.41, 5.74) is 2.30. The first-order valence-corrected chi connectivity index (χ1v) is 8.37. The van der Waals surface area contributed by atoms with E-state index < -0.39 is 10.0 Å². The lowest BCUT2D eigenvalue weighted by Gasteiger charge is -2.08. The fraction of sp³-hybridized carbons (Fsp3) is 0.267. The van der Waals surface area contributed by atoms with E-state index in [-0.39, 0.29) is 4.90 Å². The van der Waals surface area contributed by atoms with E-state index in [4.69, 9.17) is 9.88 Å². The van der Waals surface area contributed by atoms with Gasteiger partial charge in [-0.1, -0.05) is 17.7 Å². The minimum atomic E-state index is -3.67. The summed E-state index contributed by atoms with van der Waals surface area (Å²) in [4.78, 5) is 2.92. The summed E-state index contributed by atoms with van der Waals surface area (Å²) in [7, 11) is -2.02. The van der Waals surface area contributed by atoms with E-state index in [0.717, 1.165) is 23.6 Å². The average molecular weight is 322 g/mol. The first kappa shape index (κ1) is 16.3. The van der Waals surface area contributed by atoms with Gasteiger partial charge in [-0.05, 0) is 24.6 Å². The first-order valence-electron chi connectivity index (χ1n) is 6.82. The number of benzene rings is 1. The van der Waals surface area contributed by atoms with E-state index in [1.807, 2.05) is 19.1 Å². The Morgan fingerprint density at radius 1 is 1.27 bits per heavy atom. The number of aromatic nitrogens is 1. The minimum absolute atomic E-state index is 0.0541. The van der Waals surface area contributed by atoms with Crippen molar-refractivity contribution >= 4 is 15.8 Å². The van der Waals surface area contributed by atoms with Crippen LogP contribution < -0.4 is 20.2 Å². The topological polar surface area (TPSA) is 95.6 Å². The highest BCUT2D eigenvalue weighted by atomic mass is 32.2. The van der Waals surface area contributed by atoms with Gasteiger partial charge in [-0.2, -0.15) is 0 Å². The lowest BCUT2D eigenvalue weighted by Crippen LogP contribution is -2.19. The SMILES string of the molecule is COc1ccc(C)cc1CCNc1ccc(S(N)(=O)=O)c[nH+]1. The molecule has 7 heteroatoms. The number of nitrogens with one attached hydrogen (secondary N) is 2. The van der Waals surface area contributed by atoms with Gasteiger partial charge in [-0.15, -0.1) is 0 Å². The zero-order valence-electron chi connectivity index (χ0n) is 12.6. The number of hydrogen-bond donors (Lipinski definition) is 2. The van der Waals surface area contributed by atoms with Gasteiger partial charge in [0.05, 0.1) is 13.7 Å². The Bertz CT molecular complexity index is 743. The molecular formula is C15H20N3O3S+. The quantitative estimate of drug-likeness (QED) is 0.833. The summed E-state index contributed by atoms with van der Waals surface area (Å²) in [6, 6.07) is 9.16. The maximum Gasteiger partial charge on any atom is 0.272 e. The fourth-order valence-electron chi connectivity index (χ4n) is 2.13. The second-order valence-corrected chi connectivity index (χ2v) is 6.54. The molecule has 2 rings (SSSR count). The van der Waals surface area contributed by atoms with Crippen LogP contribution in [0.25, 0.3) is 0 Å². The Morgan fingerprint density at radius 3 is 2.64 bits per heavy atom. The Morgan fingerprint density at radius 2 is 2.05 bits per heavy atom. The minimum Gasteiger partial charge on any atom is -0.496 e. The molecule has 0 fully saturated rings. The van der Waals surface area contributed by atoms with Crippen molar-refractivity contribution in [1.29, 1.82) is 0 Å². The van der Waals surface area contributed by atoms with Crippen LogP contribution in [0.15, 0.2) is 41.4 Å². The number of aryl methyl sites for hydroxylation is 1. The van der Waals surface area contributed by atoms with Crippen LogP contribution in [0, 0.1) is 6.92 Å². The molecule has 0 saturated heterocycles. The molecule has 1 aromatic heterocycles. The van der Waals surface area contributed by atoms with E-state index in [1.54, 1.807) is 13.2 Å². The highest BCUT2D eigenvalue weighted by Crippen LogP contribution is 2.20. The van der Waals surface area contributed by atoms with E-state index in [1.165, 1.54) is 17.8 Å². The smallest absolute Gasteiger partial charge is 0.272 e. The summed E-state index contributed by atoms with van der Waals surface area (Å²) in [5, 5.41) is 8.24. The normalized spacial score (nSPS) is 11.2.